The normalized spacial score (nSPS) is 12.6. The summed E-state index contributed by atoms with van der Waals surface area (Å²) in [5.74, 6) is 0.159. The Hall–Kier alpha value is -2.01. The minimum Gasteiger partial charge on any atom is -0.497 e. The summed E-state index contributed by atoms with van der Waals surface area (Å²) >= 11 is 0. The summed E-state index contributed by atoms with van der Waals surface area (Å²) in [5, 5.41) is 10.6. The van der Waals surface area contributed by atoms with Crippen molar-refractivity contribution in [3.63, 3.8) is 0 Å². The number of carboxylic acids is 1. The molecule has 3 N–H and O–H groups in total. The Morgan fingerprint density at radius 1 is 1.56 bits per heavy atom. The Morgan fingerprint density at radius 2 is 2.33 bits per heavy atom. The molecule has 1 heterocycles. The molecule has 2 rings (SSSR count). The van der Waals surface area contributed by atoms with Gasteiger partial charge in [-0.3, -0.25) is 4.79 Å². The maximum Gasteiger partial charge on any atom is 0.304 e. The number of ether oxygens (including phenoxy) is 1. The third-order valence-electron chi connectivity index (χ3n) is 2.91. The van der Waals surface area contributed by atoms with Crippen molar-refractivity contribution in [3.05, 3.63) is 30.2 Å². The molecule has 0 aliphatic rings. The van der Waals surface area contributed by atoms with Gasteiger partial charge in [-0.2, -0.15) is 0 Å². The molecule has 0 saturated carbocycles. The summed E-state index contributed by atoms with van der Waals surface area (Å²) in [7, 11) is 1.59. The molecule has 0 radical (unpaired) electrons. The molecule has 0 amide bonds. The van der Waals surface area contributed by atoms with E-state index < -0.39 is 5.97 Å². The molecule has 0 fully saturated rings. The van der Waals surface area contributed by atoms with E-state index in [0.29, 0.717) is 5.76 Å². The number of aliphatic carboxylic acids is 1. The first-order chi connectivity index (χ1) is 8.65. The second-order valence-corrected chi connectivity index (χ2v) is 4.08. The molecular formula is C13H15NO4. The fourth-order valence-electron chi connectivity index (χ4n) is 1.99. The number of benzene rings is 1. The Morgan fingerprint density at radius 3 is 2.94 bits per heavy atom. The molecule has 96 valence electrons. The van der Waals surface area contributed by atoms with Gasteiger partial charge in [-0.1, -0.05) is 0 Å². The van der Waals surface area contributed by atoms with Gasteiger partial charge in [0.15, 0.2) is 0 Å². The number of furan rings is 1. The average molecular weight is 249 g/mol. The van der Waals surface area contributed by atoms with Gasteiger partial charge in [-0.15, -0.1) is 0 Å². The highest BCUT2D eigenvalue weighted by molar-refractivity contribution is 5.86. The van der Waals surface area contributed by atoms with Crippen LogP contribution < -0.4 is 10.5 Å². The lowest BCUT2D eigenvalue weighted by Gasteiger charge is -2.09. The number of carboxylic acid groups (broad SMARTS) is 1. The molecule has 18 heavy (non-hydrogen) atoms. The minimum atomic E-state index is -0.886. The quantitative estimate of drug-likeness (QED) is 0.846. The third-order valence-corrected chi connectivity index (χ3v) is 2.91. The predicted octanol–water partition coefficient (Wildman–Crippen LogP) is 1.96. The van der Waals surface area contributed by atoms with Crippen molar-refractivity contribution in [1.29, 1.82) is 0 Å². The van der Waals surface area contributed by atoms with E-state index in [1.54, 1.807) is 13.4 Å². The Labute approximate surface area is 104 Å². The van der Waals surface area contributed by atoms with Gasteiger partial charge in [0.2, 0.25) is 0 Å². The molecule has 2 aromatic rings. The molecule has 1 unspecified atom stereocenters. The first-order valence-electron chi connectivity index (χ1n) is 5.62. The van der Waals surface area contributed by atoms with Crippen molar-refractivity contribution in [2.75, 3.05) is 13.7 Å². The number of methoxy groups -OCH3 is 1. The van der Waals surface area contributed by atoms with Crippen LogP contribution in [0.5, 0.6) is 5.75 Å². The average Bonchev–Trinajstić information content (AvgIpc) is 2.78. The molecule has 0 saturated heterocycles. The molecule has 5 nitrogen and oxygen atoms in total. The zero-order chi connectivity index (χ0) is 13.1. The van der Waals surface area contributed by atoms with E-state index in [9.17, 15) is 4.79 Å². The first-order valence-corrected chi connectivity index (χ1v) is 5.62. The van der Waals surface area contributed by atoms with Crippen molar-refractivity contribution in [1.82, 2.24) is 0 Å². The second kappa shape index (κ2) is 5.10. The van der Waals surface area contributed by atoms with E-state index in [0.717, 1.165) is 16.5 Å². The maximum atomic E-state index is 10.8. The van der Waals surface area contributed by atoms with Gasteiger partial charge in [0, 0.05) is 23.2 Å². The second-order valence-electron chi connectivity index (χ2n) is 4.08. The highest BCUT2D eigenvalue weighted by Crippen LogP contribution is 2.31. The number of nitrogens with two attached hydrogens (primary N) is 1. The standard InChI is InChI=1S/C13H15NO4/c1-17-10-2-3-11-9(4-10)7-18-13(11)8(6-14)5-12(15)16/h2-4,7-8H,5-6,14H2,1H3,(H,15,16). The zero-order valence-electron chi connectivity index (χ0n) is 10.1. The first kappa shape index (κ1) is 12.4. The van der Waals surface area contributed by atoms with Crippen LogP contribution in [0.25, 0.3) is 10.8 Å². The van der Waals surface area contributed by atoms with Crippen LogP contribution >= 0.6 is 0 Å². The van der Waals surface area contributed by atoms with Gasteiger partial charge < -0.3 is 20.0 Å². The lowest BCUT2D eigenvalue weighted by atomic mass is 9.99. The molecule has 1 atom stereocenters. The van der Waals surface area contributed by atoms with Gasteiger partial charge >= 0.3 is 5.97 Å². The largest absolute Gasteiger partial charge is 0.497 e. The SMILES string of the molecule is COc1ccc2c(C(CN)CC(=O)O)occ2c1. The van der Waals surface area contributed by atoms with E-state index in [1.807, 2.05) is 18.2 Å². The Balaban J connectivity index is 2.41. The van der Waals surface area contributed by atoms with Gasteiger partial charge in [0.05, 0.1) is 19.8 Å². The minimum absolute atomic E-state index is 0.0366. The van der Waals surface area contributed by atoms with Gasteiger partial charge in [-0.05, 0) is 18.2 Å². The van der Waals surface area contributed by atoms with E-state index in [-0.39, 0.29) is 18.9 Å². The molecule has 0 aliphatic carbocycles. The summed E-state index contributed by atoms with van der Waals surface area (Å²) in [4.78, 5) is 10.8. The van der Waals surface area contributed by atoms with Crippen molar-refractivity contribution in [2.45, 2.75) is 12.3 Å². The van der Waals surface area contributed by atoms with E-state index in [1.165, 1.54) is 0 Å². The topological polar surface area (TPSA) is 85.7 Å². The summed E-state index contributed by atoms with van der Waals surface area (Å²) in [5.41, 5.74) is 5.61. The van der Waals surface area contributed by atoms with Crippen LogP contribution in [0.3, 0.4) is 0 Å². The molecule has 1 aromatic carbocycles. The van der Waals surface area contributed by atoms with Crippen molar-refractivity contribution in [2.24, 2.45) is 5.73 Å². The fourth-order valence-corrected chi connectivity index (χ4v) is 1.99. The summed E-state index contributed by atoms with van der Waals surface area (Å²) in [6.07, 6.45) is 1.56. The van der Waals surface area contributed by atoms with E-state index in [2.05, 4.69) is 0 Å². The molecular weight excluding hydrogens is 234 g/mol. The summed E-state index contributed by atoms with van der Waals surface area (Å²) < 4.78 is 10.6. The number of hydrogen-bond acceptors (Lipinski definition) is 4. The maximum absolute atomic E-state index is 10.8. The van der Waals surface area contributed by atoms with Crippen molar-refractivity contribution in [3.8, 4) is 5.75 Å². The summed E-state index contributed by atoms with van der Waals surface area (Å²) in [6, 6.07) is 5.52. The van der Waals surface area contributed by atoms with Crippen LogP contribution in [0.15, 0.2) is 28.9 Å². The molecule has 0 bridgehead atoms. The zero-order valence-corrected chi connectivity index (χ0v) is 10.1. The fraction of sp³-hybridized carbons (Fsp3) is 0.308. The van der Waals surface area contributed by atoms with Crippen LogP contribution in [-0.4, -0.2) is 24.7 Å². The van der Waals surface area contributed by atoms with E-state index >= 15 is 0 Å². The van der Waals surface area contributed by atoms with Crippen LogP contribution in [0, 0.1) is 0 Å². The van der Waals surface area contributed by atoms with Crippen molar-refractivity contribution < 1.29 is 19.1 Å². The molecule has 1 aromatic heterocycles. The lowest BCUT2D eigenvalue weighted by Crippen LogP contribution is -2.15. The highest BCUT2D eigenvalue weighted by atomic mass is 16.5. The van der Waals surface area contributed by atoms with Crippen LogP contribution in [0.1, 0.15) is 18.1 Å². The monoisotopic (exact) mass is 249 g/mol. The molecule has 0 spiro atoms. The number of fused-ring (bicyclic) bond motifs is 1. The van der Waals surface area contributed by atoms with Gasteiger partial charge in [0.25, 0.3) is 0 Å². The predicted molar refractivity (Wildman–Crippen MR) is 66.8 cm³/mol. The summed E-state index contributed by atoms with van der Waals surface area (Å²) in [6.45, 7) is 0.237. The van der Waals surface area contributed by atoms with Gasteiger partial charge in [0.1, 0.15) is 11.5 Å². The van der Waals surface area contributed by atoms with Crippen LogP contribution in [0.4, 0.5) is 0 Å². The Kier molecular flexibility index (Phi) is 3.53. The number of hydrogen-bond donors (Lipinski definition) is 2. The number of rotatable bonds is 5. The highest BCUT2D eigenvalue weighted by Gasteiger charge is 2.20. The van der Waals surface area contributed by atoms with E-state index in [4.69, 9.17) is 20.0 Å². The van der Waals surface area contributed by atoms with Crippen LogP contribution in [-0.2, 0) is 4.79 Å². The third kappa shape index (κ3) is 2.31. The van der Waals surface area contributed by atoms with Crippen LogP contribution in [0.2, 0.25) is 0 Å². The molecule has 5 heteroatoms. The Bertz CT molecular complexity index is 561. The smallest absolute Gasteiger partial charge is 0.304 e. The van der Waals surface area contributed by atoms with Crippen molar-refractivity contribution >= 4 is 16.7 Å². The van der Waals surface area contributed by atoms with Gasteiger partial charge in [-0.25, -0.2) is 0 Å². The lowest BCUT2D eigenvalue weighted by molar-refractivity contribution is -0.137. The number of carbonyl (C=O) groups is 1. The molecule has 0 aliphatic heterocycles.